The van der Waals surface area contributed by atoms with E-state index in [4.69, 9.17) is 14.9 Å². The van der Waals surface area contributed by atoms with Gasteiger partial charge in [0.2, 0.25) is 5.60 Å². The summed E-state index contributed by atoms with van der Waals surface area (Å²) in [5, 5.41) is 17.2. The quantitative estimate of drug-likeness (QED) is 0.496. The highest BCUT2D eigenvalue weighted by atomic mass is 16.6. The average Bonchev–Trinajstić information content (AvgIpc) is 2.14. The van der Waals surface area contributed by atoms with E-state index in [9.17, 15) is 14.4 Å². The summed E-state index contributed by atoms with van der Waals surface area (Å²) in [6.07, 6.45) is 0.539. The van der Waals surface area contributed by atoms with Gasteiger partial charge in [0.1, 0.15) is 0 Å². The minimum atomic E-state index is -1.68. The molecule has 1 atom stereocenters. The molecule has 0 heterocycles. The number of hydrogen-bond donors (Lipinski definition) is 2. The van der Waals surface area contributed by atoms with Crippen LogP contribution in [0.1, 0.15) is 26.2 Å². The van der Waals surface area contributed by atoms with Crippen LogP contribution >= 0.6 is 0 Å². The Hall–Kier alpha value is -1.85. The highest BCUT2D eigenvalue weighted by Gasteiger charge is 2.36. The van der Waals surface area contributed by atoms with Crippen LogP contribution in [0.5, 0.6) is 0 Å². The largest absolute Gasteiger partial charge is 0.481 e. The van der Waals surface area contributed by atoms with Crippen LogP contribution in [-0.2, 0) is 19.1 Å². The second-order valence-electron chi connectivity index (χ2n) is 3.40. The first kappa shape index (κ1) is 14.2. The van der Waals surface area contributed by atoms with Gasteiger partial charge in [0.25, 0.3) is 0 Å². The topological polar surface area (TPSA) is 101 Å². The van der Waals surface area contributed by atoms with Gasteiger partial charge in [-0.05, 0) is 6.92 Å². The Morgan fingerprint density at radius 3 is 2.25 bits per heavy atom. The molecule has 0 saturated heterocycles. The first-order valence-electron chi connectivity index (χ1n) is 4.59. The Labute approximate surface area is 92.5 Å². The van der Waals surface area contributed by atoms with Crippen molar-refractivity contribution in [3.05, 3.63) is 12.7 Å². The summed E-state index contributed by atoms with van der Waals surface area (Å²) in [6, 6.07) is 0. The second kappa shape index (κ2) is 5.89. The Morgan fingerprint density at radius 1 is 1.31 bits per heavy atom. The number of rotatable bonds is 7. The number of carboxylic acid groups (broad SMARTS) is 2. The van der Waals surface area contributed by atoms with Crippen LogP contribution in [0.4, 0.5) is 0 Å². The Balaban J connectivity index is 4.40. The maximum absolute atomic E-state index is 11.2. The van der Waals surface area contributed by atoms with Gasteiger partial charge in [-0.25, -0.2) is 4.79 Å². The molecular weight excluding hydrogens is 216 g/mol. The molecule has 0 saturated carbocycles. The van der Waals surface area contributed by atoms with Crippen LogP contribution in [-0.4, -0.2) is 33.7 Å². The molecule has 0 spiro atoms. The molecule has 0 aliphatic heterocycles. The van der Waals surface area contributed by atoms with Gasteiger partial charge >= 0.3 is 17.9 Å². The van der Waals surface area contributed by atoms with Gasteiger partial charge in [-0.2, -0.15) is 0 Å². The molecule has 2 N–H and O–H groups in total. The first-order chi connectivity index (χ1) is 7.31. The van der Waals surface area contributed by atoms with Gasteiger partial charge in [0, 0.05) is 6.42 Å². The summed E-state index contributed by atoms with van der Waals surface area (Å²) in [6.45, 7) is 4.59. The standard InChI is InChI=1S/C10H14O6/c1-3-6-10(2,9(14)15)16-8(13)5-4-7(11)12/h3H,1,4-6H2,2H3,(H,11,12)(H,14,15). The number of hydrogen-bond acceptors (Lipinski definition) is 4. The molecule has 0 fully saturated rings. The Kier molecular flexibility index (Phi) is 5.21. The van der Waals surface area contributed by atoms with Crippen molar-refractivity contribution in [3.8, 4) is 0 Å². The minimum Gasteiger partial charge on any atom is -0.481 e. The lowest BCUT2D eigenvalue weighted by molar-refractivity contribution is -0.176. The molecule has 0 bridgehead atoms. The van der Waals surface area contributed by atoms with E-state index in [1.54, 1.807) is 0 Å². The van der Waals surface area contributed by atoms with E-state index in [1.165, 1.54) is 13.0 Å². The molecular formula is C10H14O6. The molecule has 0 rings (SSSR count). The highest BCUT2D eigenvalue weighted by Crippen LogP contribution is 2.17. The van der Waals surface area contributed by atoms with Crippen LogP contribution in [0.25, 0.3) is 0 Å². The molecule has 90 valence electrons. The van der Waals surface area contributed by atoms with Gasteiger partial charge in [0.15, 0.2) is 0 Å². The molecule has 0 aliphatic rings. The van der Waals surface area contributed by atoms with Crippen LogP contribution in [0.3, 0.4) is 0 Å². The fourth-order valence-corrected chi connectivity index (χ4v) is 0.959. The van der Waals surface area contributed by atoms with Crippen molar-refractivity contribution >= 4 is 17.9 Å². The van der Waals surface area contributed by atoms with Gasteiger partial charge in [-0.1, -0.05) is 6.08 Å². The van der Waals surface area contributed by atoms with Crippen molar-refractivity contribution in [1.82, 2.24) is 0 Å². The minimum absolute atomic E-state index is 0.0405. The van der Waals surface area contributed by atoms with Crippen LogP contribution < -0.4 is 0 Å². The summed E-state index contributed by atoms with van der Waals surface area (Å²) >= 11 is 0. The molecule has 0 aromatic carbocycles. The van der Waals surface area contributed by atoms with E-state index in [0.717, 1.165) is 0 Å². The maximum Gasteiger partial charge on any atom is 0.348 e. The lowest BCUT2D eigenvalue weighted by Crippen LogP contribution is -2.39. The van der Waals surface area contributed by atoms with E-state index in [-0.39, 0.29) is 19.3 Å². The number of ether oxygens (including phenoxy) is 1. The van der Waals surface area contributed by atoms with Gasteiger partial charge in [-0.15, -0.1) is 6.58 Å². The van der Waals surface area contributed by atoms with Crippen molar-refractivity contribution in [2.45, 2.75) is 31.8 Å². The molecule has 6 heteroatoms. The first-order valence-corrected chi connectivity index (χ1v) is 4.59. The summed E-state index contributed by atoms with van der Waals surface area (Å²) in [5.41, 5.74) is -1.68. The summed E-state index contributed by atoms with van der Waals surface area (Å²) in [5.74, 6) is -3.29. The number of carboxylic acids is 2. The third kappa shape index (κ3) is 4.59. The van der Waals surface area contributed by atoms with E-state index in [0.29, 0.717) is 0 Å². The summed E-state index contributed by atoms with van der Waals surface area (Å²) in [4.78, 5) is 32.2. The molecule has 16 heavy (non-hydrogen) atoms. The molecule has 6 nitrogen and oxygen atoms in total. The third-order valence-corrected chi connectivity index (χ3v) is 1.87. The zero-order chi connectivity index (χ0) is 12.8. The normalized spacial score (nSPS) is 13.6. The predicted molar refractivity (Wildman–Crippen MR) is 53.8 cm³/mol. The van der Waals surface area contributed by atoms with Crippen molar-refractivity contribution in [1.29, 1.82) is 0 Å². The number of aliphatic carboxylic acids is 2. The zero-order valence-corrected chi connectivity index (χ0v) is 8.93. The van der Waals surface area contributed by atoms with Crippen molar-refractivity contribution in [2.75, 3.05) is 0 Å². The SMILES string of the molecule is C=CCC(C)(OC(=O)CCC(=O)O)C(=O)O. The van der Waals surface area contributed by atoms with Crippen molar-refractivity contribution in [2.24, 2.45) is 0 Å². The molecule has 0 radical (unpaired) electrons. The average molecular weight is 230 g/mol. The van der Waals surface area contributed by atoms with E-state index >= 15 is 0 Å². The fourth-order valence-electron chi connectivity index (χ4n) is 0.959. The molecule has 0 aliphatic carbocycles. The van der Waals surface area contributed by atoms with Gasteiger partial charge in [0.05, 0.1) is 12.8 Å². The molecule has 0 aromatic rings. The lowest BCUT2D eigenvalue weighted by atomic mass is 10.0. The van der Waals surface area contributed by atoms with E-state index < -0.39 is 23.5 Å². The molecule has 1 unspecified atom stereocenters. The van der Waals surface area contributed by atoms with Crippen LogP contribution in [0, 0.1) is 0 Å². The highest BCUT2D eigenvalue weighted by molar-refractivity contribution is 5.83. The van der Waals surface area contributed by atoms with Gasteiger partial charge < -0.3 is 14.9 Å². The molecule has 0 amide bonds. The smallest absolute Gasteiger partial charge is 0.348 e. The predicted octanol–water partition coefficient (Wildman–Crippen LogP) is 0.814. The fraction of sp³-hybridized carbons (Fsp3) is 0.500. The van der Waals surface area contributed by atoms with E-state index in [1.807, 2.05) is 0 Å². The number of carbonyl (C=O) groups excluding carboxylic acids is 1. The lowest BCUT2D eigenvalue weighted by Gasteiger charge is -2.23. The van der Waals surface area contributed by atoms with E-state index in [2.05, 4.69) is 6.58 Å². The van der Waals surface area contributed by atoms with Crippen molar-refractivity contribution < 1.29 is 29.3 Å². The summed E-state index contributed by atoms with van der Waals surface area (Å²) < 4.78 is 4.72. The maximum atomic E-state index is 11.2. The third-order valence-electron chi connectivity index (χ3n) is 1.87. The Morgan fingerprint density at radius 2 is 1.88 bits per heavy atom. The van der Waals surface area contributed by atoms with Crippen LogP contribution in [0.2, 0.25) is 0 Å². The summed E-state index contributed by atoms with van der Waals surface area (Å²) in [7, 11) is 0. The van der Waals surface area contributed by atoms with Crippen LogP contribution in [0.15, 0.2) is 12.7 Å². The zero-order valence-electron chi connectivity index (χ0n) is 8.93. The van der Waals surface area contributed by atoms with Crippen molar-refractivity contribution in [3.63, 3.8) is 0 Å². The number of esters is 1. The molecule has 0 aromatic heterocycles. The monoisotopic (exact) mass is 230 g/mol. The Bertz CT molecular complexity index is 308. The number of carbonyl (C=O) groups is 3. The van der Waals surface area contributed by atoms with Gasteiger partial charge in [-0.3, -0.25) is 9.59 Å². The second-order valence-corrected chi connectivity index (χ2v) is 3.40.